The Bertz CT molecular complexity index is 3900. The fraction of sp³-hybridized carbons (Fsp3) is 0.269. The fourth-order valence-corrected chi connectivity index (χ4v) is 8.81. The van der Waals surface area contributed by atoms with Crippen LogP contribution in [0.25, 0.3) is 33.3 Å². The number of hydrogen-bond donors (Lipinski definition) is 2. The summed E-state index contributed by atoms with van der Waals surface area (Å²) in [5, 5.41) is 16.6. The third-order valence-corrected chi connectivity index (χ3v) is 13.2. The number of fused-ring (bicyclic) bond motifs is 2. The van der Waals surface area contributed by atoms with Gasteiger partial charge in [0.2, 0.25) is 11.9 Å². The Kier molecular flexibility index (Phi) is 10.2. The molecule has 0 bridgehead atoms. The molecule has 20 nitrogen and oxygen atoms in total. The molecular weight excluding hydrogens is 943 g/mol. The van der Waals surface area contributed by atoms with Crippen molar-refractivity contribution in [2.75, 3.05) is 71.9 Å². The van der Waals surface area contributed by atoms with E-state index in [9.17, 15) is 8.78 Å². The van der Waals surface area contributed by atoms with Gasteiger partial charge in [0.05, 0.1) is 30.3 Å². The summed E-state index contributed by atoms with van der Waals surface area (Å²) >= 11 is 0. The molecule has 12 rings (SSSR count). The maximum absolute atomic E-state index is 13.4. The zero-order chi connectivity index (χ0) is 58.1. The summed E-state index contributed by atoms with van der Waals surface area (Å²) < 4.78 is 98.9. The van der Waals surface area contributed by atoms with Gasteiger partial charge in [0, 0.05) is 153 Å². The predicted molar refractivity (Wildman–Crippen MR) is 277 cm³/mol. The maximum atomic E-state index is 13.4. The van der Waals surface area contributed by atoms with E-state index in [2.05, 4.69) is 60.1 Å². The maximum Gasteiger partial charge on any atom is 0.225 e. The van der Waals surface area contributed by atoms with E-state index in [4.69, 9.17) is 22.4 Å². The first-order valence-corrected chi connectivity index (χ1v) is 23.4. The molecule has 2 aliphatic rings. The van der Waals surface area contributed by atoms with Crippen LogP contribution in [0.5, 0.6) is 0 Å². The number of hydrogen-bond acceptors (Lipinski definition) is 16. The number of piperazine rings is 2. The van der Waals surface area contributed by atoms with Crippen molar-refractivity contribution in [3.8, 4) is 22.3 Å². The molecule has 2 saturated heterocycles. The largest absolute Gasteiger partial charge is 0.351 e. The minimum atomic E-state index is -2.45. The molecule has 4 N–H and O–H groups in total. The van der Waals surface area contributed by atoms with E-state index < -0.39 is 31.0 Å². The van der Waals surface area contributed by atoms with Crippen LogP contribution in [0.3, 0.4) is 0 Å². The van der Waals surface area contributed by atoms with Crippen LogP contribution < -0.4 is 31.1 Å². The Morgan fingerprint density at radius 3 is 1.45 bits per heavy atom. The van der Waals surface area contributed by atoms with Crippen LogP contribution in [0.15, 0.2) is 135 Å². The average Bonchev–Trinajstić information content (AvgIpc) is 2.81. The van der Waals surface area contributed by atoms with Gasteiger partial charge in [-0.1, -0.05) is 24.3 Å². The van der Waals surface area contributed by atoms with Crippen LogP contribution in [0.4, 0.5) is 32.3 Å². The van der Waals surface area contributed by atoms with E-state index in [1.165, 1.54) is 64.8 Å². The van der Waals surface area contributed by atoms with Gasteiger partial charge in [-0.3, -0.25) is 9.36 Å². The molecule has 2 aliphatic heterocycles. The zero-order valence-corrected chi connectivity index (χ0v) is 40.3. The SMILES string of the molecule is [2H]C1([2H])CN(c2ncc(C(C)(N)c3ccc(F)cc3)cn2)CC([2H])([2H])N1c1ncnn2cc(-c3cnn(C([2H])([2H])[2H])c3)cc12.[2H]c1nn(C)cc1-c1cc2c(N3CCN(c4ncc(C(C)(N)c5ccc(F)cc5)cn4)CC3)ncnn2c1. The molecule has 376 valence electrons. The van der Waals surface area contributed by atoms with Gasteiger partial charge in [-0.2, -0.15) is 20.4 Å². The number of anilines is 4. The average molecular weight is 1010 g/mol. The standard InChI is InChI=1S/2C26H27FN10/c2*1-26(28,20-3-5-22(27)6-4-20)21-13-29-25(30-14-21)36-9-7-35(8-10-36)24-23-11-18(16-37(23)33-17-31-24)19-12-32-34(2)15-19/h2*3-6,11-17H,7-10,28H2,1-2H3/i2D3,7D2,8D2;12D. The Morgan fingerprint density at radius 2 is 0.973 bits per heavy atom. The van der Waals surface area contributed by atoms with Crippen molar-refractivity contribution in [3.05, 3.63) is 169 Å². The molecule has 0 saturated carbocycles. The van der Waals surface area contributed by atoms with Gasteiger partial charge in [-0.05, 0) is 61.4 Å². The number of aryl methyl sites for hydroxylation is 2. The van der Waals surface area contributed by atoms with Crippen molar-refractivity contribution < 1.29 is 19.7 Å². The lowest BCUT2D eigenvalue weighted by Gasteiger charge is -2.35. The highest BCUT2D eigenvalue weighted by Crippen LogP contribution is 2.32. The van der Waals surface area contributed by atoms with E-state index in [1.807, 2.05) is 25.4 Å². The Morgan fingerprint density at radius 1 is 0.514 bits per heavy atom. The van der Waals surface area contributed by atoms with E-state index in [1.54, 1.807) is 78.4 Å². The second kappa shape index (κ2) is 19.3. The molecule has 0 radical (unpaired) electrons. The number of benzene rings is 2. The molecule has 10 aromatic rings. The molecule has 2 aromatic carbocycles. The third kappa shape index (κ3) is 9.42. The summed E-state index contributed by atoms with van der Waals surface area (Å²) in [6.07, 6.45) is 17.6. The summed E-state index contributed by atoms with van der Waals surface area (Å²) in [5.74, 6) is 0.919. The minimum absolute atomic E-state index is 0.0126. The van der Waals surface area contributed by atoms with Crippen LogP contribution in [0, 0.1) is 11.6 Å². The van der Waals surface area contributed by atoms with Crippen LogP contribution in [-0.2, 0) is 25.1 Å². The quantitative estimate of drug-likeness (QED) is 0.180. The number of rotatable bonds is 10. The Balaban J connectivity index is 0.000000174. The first kappa shape index (κ1) is 38.9. The molecule has 0 aliphatic carbocycles. The van der Waals surface area contributed by atoms with Gasteiger partial charge in [-0.25, -0.2) is 47.7 Å². The van der Waals surface area contributed by atoms with Crippen LogP contribution in [-0.4, -0.2) is 121 Å². The van der Waals surface area contributed by atoms with Crippen LogP contribution in [0.2, 0.25) is 0 Å². The second-order valence-electron chi connectivity index (χ2n) is 18.2. The molecule has 22 heteroatoms. The normalized spacial score (nSPS) is 18.9. The Hall–Kier alpha value is -8.76. The lowest BCUT2D eigenvalue weighted by Crippen LogP contribution is -2.47. The van der Waals surface area contributed by atoms with Gasteiger partial charge < -0.3 is 31.1 Å². The number of aromatic nitrogens is 14. The van der Waals surface area contributed by atoms with Crippen molar-refractivity contribution in [1.29, 1.82) is 0 Å². The monoisotopic (exact) mass is 1000 g/mol. The van der Waals surface area contributed by atoms with Crippen molar-refractivity contribution >= 4 is 34.6 Å². The van der Waals surface area contributed by atoms with Crippen molar-refractivity contribution in [2.45, 2.75) is 24.9 Å². The summed E-state index contributed by atoms with van der Waals surface area (Å²) in [6.45, 7) is -1.09. The van der Waals surface area contributed by atoms with Gasteiger partial charge in [0.25, 0.3) is 0 Å². The van der Waals surface area contributed by atoms with Crippen molar-refractivity contribution in [1.82, 2.24) is 68.7 Å². The van der Waals surface area contributed by atoms with E-state index in [0.717, 1.165) is 69.3 Å². The highest BCUT2D eigenvalue weighted by atomic mass is 19.1. The van der Waals surface area contributed by atoms with Gasteiger partial charge >= 0.3 is 0 Å². The second-order valence-corrected chi connectivity index (χ2v) is 18.2. The summed E-state index contributed by atoms with van der Waals surface area (Å²) in [6, 6.07) is 15.6. The molecule has 2 fully saturated rings. The number of nitrogens with two attached hydrogens (primary N) is 2. The van der Waals surface area contributed by atoms with Crippen LogP contribution >= 0.6 is 0 Å². The van der Waals surface area contributed by atoms with Gasteiger partial charge in [0.15, 0.2) is 11.6 Å². The highest BCUT2D eigenvalue weighted by Gasteiger charge is 2.29. The summed E-state index contributed by atoms with van der Waals surface area (Å²) in [4.78, 5) is 33.5. The molecule has 0 amide bonds. The number of halogens is 2. The summed E-state index contributed by atoms with van der Waals surface area (Å²) in [5.41, 5.74) is 17.8. The van der Waals surface area contributed by atoms with Crippen molar-refractivity contribution in [2.24, 2.45) is 25.5 Å². The number of nitrogens with zero attached hydrogens (tertiary/aromatic N) is 18. The molecular formula is C52H54F2N20. The minimum Gasteiger partial charge on any atom is -0.351 e. The van der Waals surface area contributed by atoms with Gasteiger partial charge in [-0.15, -0.1) is 0 Å². The van der Waals surface area contributed by atoms with E-state index in [0.29, 0.717) is 33.7 Å². The predicted octanol–water partition coefficient (Wildman–Crippen LogP) is 5.22. The zero-order valence-electron chi connectivity index (χ0n) is 48.3. The topological polar surface area (TPSA) is 213 Å². The molecule has 74 heavy (non-hydrogen) atoms. The fourth-order valence-electron chi connectivity index (χ4n) is 8.81. The van der Waals surface area contributed by atoms with Gasteiger partial charge in [0.1, 0.15) is 35.3 Å². The molecule has 0 spiro atoms. The molecule has 2 atom stereocenters. The molecule has 2 unspecified atom stereocenters. The highest BCUT2D eigenvalue weighted by molar-refractivity contribution is 5.78. The first-order chi connectivity index (χ1) is 38.9. The smallest absolute Gasteiger partial charge is 0.225 e. The molecule has 8 aromatic heterocycles. The van der Waals surface area contributed by atoms with Crippen molar-refractivity contribution in [3.63, 3.8) is 0 Å². The lowest BCUT2D eigenvalue weighted by atomic mass is 9.87. The van der Waals surface area contributed by atoms with E-state index >= 15 is 0 Å². The van der Waals surface area contributed by atoms with E-state index in [-0.39, 0.29) is 42.7 Å². The lowest BCUT2D eigenvalue weighted by molar-refractivity contribution is 0.585. The third-order valence-electron chi connectivity index (χ3n) is 13.2. The molecule has 10 heterocycles. The summed E-state index contributed by atoms with van der Waals surface area (Å²) in [7, 11) is 1.81. The van der Waals surface area contributed by atoms with Crippen LogP contribution in [0.1, 0.15) is 47.1 Å². The Labute approximate surface area is 435 Å². The first-order valence-electron chi connectivity index (χ1n) is 27.4.